The Labute approximate surface area is 191 Å². The van der Waals surface area contributed by atoms with E-state index >= 15 is 0 Å². The minimum atomic E-state index is -1.13. The number of methoxy groups -OCH3 is 1. The van der Waals surface area contributed by atoms with E-state index in [0.717, 1.165) is 24.3 Å². The van der Waals surface area contributed by atoms with Gasteiger partial charge in [-0.25, -0.2) is 4.79 Å². The fourth-order valence-corrected chi connectivity index (χ4v) is 3.72. The summed E-state index contributed by atoms with van der Waals surface area (Å²) in [6.07, 6.45) is -2.22. The topological polar surface area (TPSA) is 186 Å². The fourth-order valence-electron chi connectivity index (χ4n) is 3.72. The van der Waals surface area contributed by atoms with Crippen LogP contribution in [0.25, 0.3) is 0 Å². The summed E-state index contributed by atoms with van der Waals surface area (Å²) in [4.78, 5) is 12.8. The molecule has 11 heteroatoms. The summed E-state index contributed by atoms with van der Waals surface area (Å²) in [5, 5.41) is 68.5. The molecule has 0 saturated carbocycles. The van der Waals surface area contributed by atoms with Crippen molar-refractivity contribution in [3.63, 3.8) is 0 Å². The van der Waals surface area contributed by atoms with Crippen molar-refractivity contribution in [1.29, 1.82) is 0 Å². The van der Waals surface area contributed by atoms with Crippen LogP contribution in [0.2, 0.25) is 0 Å². The predicted octanol–water partition coefficient (Wildman–Crippen LogP) is 2.54. The number of esters is 1. The van der Waals surface area contributed by atoms with E-state index in [4.69, 9.17) is 14.2 Å². The van der Waals surface area contributed by atoms with Gasteiger partial charge in [-0.3, -0.25) is 0 Å². The average Bonchev–Trinajstić information content (AvgIpc) is 2.79. The lowest BCUT2D eigenvalue weighted by molar-refractivity contribution is -0.0189. The van der Waals surface area contributed by atoms with Crippen LogP contribution < -0.4 is 9.47 Å². The molecule has 178 valence electrons. The van der Waals surface area contributed by atoms with E-state index in [-0.39, 0.29) is 34.8 Å². The summed E-state index contributed by atoms with van der Waals surface area (Å²) < 4.78 is 16.8. The third-order valence-corrected chi connectivity index (χ3v) is 5.35. The Hall–Kier alpha value is -4.67. The van der Waals surface area contributed by atoms with Crippen molar-refractivity contribution >= 4 is 5.97 Å². The average molecular weight is 472 g/mol. The third kappa shape index (κ3) is 3.94. The zero-order valence-corrected chi connectivity index (χ0v) is 17.6. The Morgan fingerprint density at radius 3 is 1.97 bits per heavy atom. The molecule has 0 radical (unpaired) electrons. The molecule has 11 nitrogen and oxygen atoms in total. The van der Waals surface area contributed by atoms with E-state index in [0.29, 0.717) is 5.56 Å². The number of fused-ring (bicyclic) bond motifs is 1. The second-order valence-electron chi connectivity index (χ2n) is 7.58. The number of ether oxygens (including phenoxy) is 3. The van der Waals surface area contributed by atoms with Gasteiger partial charge in [0.1, 0.15) is 23.4 Å². The van der Waals surface area contributed by atoms with Gasteiger partial charge >= 0.3 is 5.97 Å². The molecule has 0 amide bonds. The van der Waals surface area contributed by atoms with E-state index in [2.05, 4.69) is 0 Å². The number of hydrogen-bond acceptors (Lipinski definition) is 11. The Morgan fingerprint density at radius 1 is 0.853 bits per heavy atom. The Balaban J connectivity index is 1.76. The summed E-state index contributed by atoms with van der Waals surface area (Å²) in [6, 6.07) is 6.70. The van der Waals surface area contributed by atoms with Crippen molar-refractivity contribution in [2.24, 2.45) is 0 Å². The zero-order valence-electron chi connectivity index (χ0n) is 17.6. The van der Waals surface area contributed by atoms with E-state index in [1.165, 1.54) is 19.2 Å². The first-order chi connectivity index (χ1) is 16.1. The Bertz CT molecular complexity index is 1240. The lowest BCUT2D eigenvalue weighted by Crippen LogP contribution is -2.35. The van der Waals surface area contributed by atoms with E-state index in [1.54, 1.807) is 0 Å². The molecule has 1 aliphatic heterocycles. The number of benzene rings is 3. The molecule has 0 unspecified atom stereocenters. The van der Waals surface area contributed by atoms with Crippen LogP contribution in [0.1, 0.15) is 27.6 Å². The van der Waals surface area contributed by atoms with Crippen LogP contribution in [0.4, 0.5) is 0 Å². The number of carbonyl (C=O) groups is 1. The molecule has 4 rings (SSSR count). The molecule has 3 aromatic rings. The minimum absolute atomic E-state index is 0.00758. The minimum Gasteiger partial charge on any atom is -0.508 e. The third-order valence-electron chi connectivity index (χ3n) is 5.35. The van der Waals surface area contributed by atoms with Gasteiger partial charge in [0.15, 0.2) is 40.6 Å². The summed E-state index contributed by atoms with van der Waals surface area (Å²) in [7, 11) is 1.38. The molecular weight excluding hydrogens is 452 g/mol. The molecule has 1 heterocycles. The smallest absolute Gasteiger partial charge is 0.338 e. The maximum atomic E-state index is 12.8. The maximum Gasteiger partial charge on any atom is 0.338 e. The highest BCUT2D eigenvalue weighted by atomic mass is 16.6. The first-order valence-corrected chi connectivity index (χ1v) is 9.86. The van der Waals surface area contributed by atoms with Gasteiger partial charge in [-0.15, -0.1) is 0 Å². The monoisotopic (exact) mass is 472 g/mol. The van der Waals surface area contributed by atoms with Crippen molar-refractivity contribution in [2.75, 3.05) is 7.11 Å². The number of rotatable bonds is 4. The molecule has 0 spiro atoms. The van der Waals surface area contributed by atoms with Gasteiger partial charge in [-0.05, 0) is 24.3 Å². The van der Waals surface area contributed by atoms with E-state index in [9.17, 15) is 40.5 Å². The molecule has 0 fully saturated rings. The van der Waals surface area contributed by atoms with Crippen molar-refractivity contribution in [3.8, 4) is 51.7 Å². The molecule has 3 aromatic carbocycles. The lowest BCUT2D eigenvalue weighted by atomic mass is 9.93. The first-order valence-electron chi connectivity index (χ1n) is 9.86. The van der Waals surface area contributed by atoms with E-state index < -0.39 is 52.7 Å². The summed E-state index contributed by atoms with van der Waals surface area (Å²) in [6.45, 7) is 0. The molecule has 34 heavy (non-hydrogen) atoms. The maximum absolute atomic E-state index is 12.8. The number of carbonyl (C=O) groups excluding carboxylic acids is 1. The summed E-state index contributed by atoms with van der Waals surface area (Å²) >= 11 is 0. The van der Waals surface area contributed by atoms with Crippen LogP contribution in [-0.4, -0.2) is 54.9 Å². The van der Waals surface area contributed by atoms with Gasteiger partial charge in [-0.1, -0.05) is 0 Å². The fraction of sp³-hybridized carbons (Fsp3) is 0.174. The van der Waals surface area contributed by atoms with Crippen molar-refractivity contribution in [3.05, 3.63) is 53.1 Å². The van der Waals surface area contributed by atoms with Gasteiger partial charge in [-0.2, -0.15) is 0 Å². The normalized spacial score (nSPS) is 16.9. The highest BCUT2D eigenvalue weighted by Crippen LogP contribution is 2.46. The van der Waals surface area contributed by atoms with Crippen molar-refractivity contribution < 1.29 is 54.8 Å². The SMILES string of the molecule is COc1cc(O)cc2c1C[C@@H](OC(=O)c1cc(O)c(O)c(O)c1)[C@@H](c1cc(O)c(O)c(O)c1)O2. The predicted molar refractivity (Wildman–Crippen MR) is 114 cm³/mol. The van der Waals surface area contributed by atoms with Crippen molar-refractivity contribution in [1.82, 2.24) is 0 Å². The molecule has 7 N–H and O–H groups in total. The van der Waals surface area contributed by atoms with Crippen molar-refractivity contribution in [2.45, 2.75) is 18.6 Å². The Morgan fingerprint density at radius 2 is 1.41 bits per heavy atom. The molecule has 0 aromatic heterocycles. The van der Waals surface area contributed by atoms with Gasteiger partial charge < -0.3 is 50.0 Å². The zero-order chi connectivity index (χ0) is 24.7. The van der Waals surface area contributed by atoms with Gasteiger partial charge in [0.25, 0.3) is 0 Å². The first kappa shape index (κ1) is 22.5. The van der Waals surface area contributed by atoms with Crippen LogP contribution in [-0.2, 0) is 11.2 Å². The molecule has 0 aliphatic carbocycles. The number of hydrogen-bond donors (Lipinski definition) is 7. The Kier molecular flexibility index (Phi) is 5.53. The second kappa shape index (κ2) is 8.35. The van der Waals surface area contributed by atoms with E-state index in [1.807, 2.05) is 0 Å². The van der Waals surface area contributed by atoms with Gasteiger partial charge in [0.05, 0.1) is 12.7 Å². The van der Waals surface area contributed by atoms with Crippen LogP contribution in [0.15, 0.2) is 36.4 Å². The lowest BCUT2D eigenvalue weighted by Gasteiger charge is -2.34. The van der Waals surface area contributed by atoms with Gasteiger partial charge in [0, 0.05) is 29.7 Å². The number of phenolic OH excluding ortho intramolecular Hbond substituents is 7. The quantitative estimate of drug-likeness (QED) is 0.218. The number of phenols is 7. The highest BCUT2D eigenvalue weighted by Gasteiger charge is 2.37. The van der Waals surface area contributed by atoms with Crippen LogP contribution in [0.3, 0.4) is 0 Å². The van der Waals surface area contributed by atoms with Crippen LogP contribution >= 0.6 is 0 Å². The molecule has 0 bridgehead atoms. The summed E-state index contributed by atoms with van der Waals surface area (Å²) in [5.41, 5.74) is 0.319. The highest BCUT2D eigenvalue weighted by molar-refractivity contribution is 5.91. The molecule has 2 atom stereocenters. The molecule has 1 aliphatic rings. The van der Waals surface area contributed by atoms with Crippen LogP contribution in [0.5, 0.6) is 51.7 Å². The standard InChI is InChI=1S/C23H20O11/c1-32-17-6-11(24)7-18-12(17)8-19(22(33-18)9-2-13(25)20(29)14(26)3-9)34-23(31)10-4-15(27)21(30)16(28)5-10/h2-7,19,22,24-30H,8H2,1H3/t19-,22-/m1/s1. The van der Waals surface area contributed by atoms with Crippen LogP contribution in [0, 0.1) is 0 Å². The molecule has 0 saturated heterocycles. The second-order valence-corrected chi connectivity index (χ2v) is 7.58. The summed E-state index contributed by atoms with van der Waals surface area (Å²) in [5.74, 6) is -5.00. The number of aromatic hydroxyl groups is 7. The molecular formula is C23H20O11. The largest absolute Gasteiger partial charge is 0.508 e. The van der Waals surface area contributed by atoms with Gasteiger partial charge in [0.2, 0.25) is 0 Å².